The van der Waals surface area contributed by atoms with Gasteiger partial charge in [0.2, 0.25) is 0 Å². The fourth-order valence-corrected chi connectivity index (χ4v) is 3.96. The highest BCUT2D eigenvalue weighted by atomic mass is 16.3. The molecule has 0 atom stereocenters. The molecule has 1 aromatic rings. The molecule has 2 heterocycles. The number of aliphatic hydroxyl groups excluding tert-OH is 1. The van der Waals surface area contributed by atoms with Crippen molar-refractivity contribution in [2.75, 3.05) is 18.5 Å². The number of anilines is 1. The second kappa shape index (κ2) is 5.48. The molecule has 1 aromatic heterocycles. The second-order valence-corrected chi connectivity index (χ2v) is 6.68. The van der Waals surface area contributed by atoms with Crippen LogP contribution in [0.15, 0.2) is 5.57 Å². The van der Waals surface area contributed by atoms with Crippen molar-refractivity contribution in [3.05, 3.63) is 16.8 Å². The predicted octanol–water partition coefficient (Wildman–Crippen LogP) is 3.29. The van der Waals surface area contributed by atoms with Crippen LogP contribution < -0.4 is 5.32 Å². The Morgan fingerprint density at radius 1 is 1.19 bits per heavy atom. The van der Waals surface area contributed by atoms with Gasteiger partial charge in [-0.2, -0.15) is 5.10 Å². The molecule has 2 aliphatic carbocycles. The number of fused-ring (bicyclic) bond motifs is 2. The Hall–Kier alpha value is -1.29. The summed E-state index contributed by atoms with van der Waals surface area (Å²) >= 11 is 0. The summed E-state index contributed by atoms with van der Waals surface area (Å²) in [6.07, 6.45) is 9.88. The normalized spacial score (nSPS) is 21.6. The Morgan fingerprint density at radius 2 is 2.05 bits per heavy atom. The topological polar surface area (TPSA) is 50.1 Å². The van der Waals surface area contributed by atoms with Gasteiger partial charge in [-0.15, -0.1) is 0 Å². The molecule has 0 unspecified atom stereocenters. The van der Waals surface area contributed by atoms with Crippen molar-refractivity contribution >= 4 is 11.4 Å². The van der Waals surface area contributed by atoms with E-state index in [2.05, 4.69) is 10.00 Å². The monoisotopic (exact) mass is 287 g/mol. The molecule has 0 radical (unpaired) electrons. The van der Waals surface area contributed by atoms with Crippen LogP contribution in [0.5, 0.6) is 0 Å². The molecule has 21 heavy (non-hydrogen) atoms. The van der Waals surface area contributed by atoms with Crippen LogP contribution in [0.3, 0.4) is 0 Å². The highest BCUT2D eigenvalue weighted by molar-refractivity contribution is 5.82. The van der Waals surface area contributed by atoms with Crippen molar-refractivity contribution in [2.24, 2.45) is 0 Å². The number of aromatic nitrogens is 2. The van der Waals surface area contributed by atoms with Gasteiger partial charge < -0.3 is 10.4 Å². The molecule has 0 bridgehead atoms. The smallest absolute Gasteiger partial charge is 0.132 e. The van der Waals surface area contributed by atoms with Crippen LogP contribution in [-0.4, -0.2) is 28.0 Å². The highest BCUT2D eigenvalue weighted by Crippen LogP contribution is 2.46. The van der Waals surface area contributed by atoms with Gasteiger partial charge in [-0.1, -0.05) is 6.42 Å². The number of aliphatic hydroxyl groups is 1. The van der Waals surface area contributed by atoms with E-state index in [1.807, 2.05) is 0 Å². The third-order valence-corrected chi connectivity index (χ3v) is 5.35. The first-order chi connectivity index (χ1) is 10.4. The largest absolute Gasteiger partial charge is 0.396 e. The lowest BCUT2D eigenvalue weighted by Crippen LogP contribution is -2.19. The first kappa shape index (κ1) is 13.4. The summed E-state index contributed by atoms with van der Waals surface area (Å²) in [5.41, 5.74) is 6.01. The lowest BCUT2D eigenvalue weighted by atomic mass is 9.77. The molecular weight excluding hydrogens is 262 g/mol. The van der Waals surface area contributed by atoms with E-state index in [1.165, 1.54) is 62.0 Å². The third kappa shape index (κ3) is 2.20. The highest BCUT2D eigenvalue weighted by Gasteiger charge is 2.33. The molecule has 1 fully saturated rings. The maximum absolute atomic E-state index is 9.12. The Balaban J connectivity index is 1.78. The van der Waals surface area contributed by atoms with Crippen molar-refractivity contribution in [3.8, 4) is 0 Å². The number of hydrogen-bond acceptors (Lipinski definition) is 3. The molecule has 0 saturated heterocycles. The molecule has 3 aliphatic rings. The van der Waals surface area contributed by atoms with Crippen LogP contribution in [0.2, 0.25) is 0 Å². The van der Waals surface area contributed by atoms with E-state index in [1.54, 1.807) is 11.1 Å². The minimum atomic E-state index is 0.237. The number of allylic oxidation sites excluding steroid dienone is 1. The molecule has 0 spiro atoms. The maximum Gasteiger partial charge on any atom is 0.132 e. The average Bonchev–Trinajstić information content (AvgIpc) is 2.82. The minimum absolute atomic E-state index is 0.237. The Labute approximate surface area is 126 Å². The standard InChI is InChI=1S/C17H25N3O/c21-10-4-9-20-17-15(16(19-20)12-6-3-7-12)14-8-2-1-5-13(14)11-18-17/h12,18,21H,1-11H2. The summed E-state index contributed by atoms with van der Waals surface area (Å²) in [4.78, 5) is 0. The first-order valence-electron chi connectivity index (χ1n) is 8.55. The van der Waals surface area contributed by atoms with E-state index in [-0.39, 0.29) is 6.61 Å². The molecule has 4 heteroatoms. The van der Waals surface area contributed by atoms with Gasteiger partial charge in [0.15, 0.2) is 0 Å². The molecular formula is C17H25N3O. The summed E-state index contributed by atoms with van der Waals surface area (Å²) in [5, 5.41) is 17.7. The zero-order valence-corrected chi connectivity index (χ0v) is 12.7. The number of nitrogens with zero attached hydrogens (tertiary/aromatic N) is 2. The first-order valence-corrected chi connectivity index (χ1v) is 8.55. The van der Waals surface area contributed by atoms with Crippen LogP contribution in [0.25, 0.3) is 5.57 Å². The van der Waals surface area contributed by atoms with E-state index < -0.39 is 0 Å². The third-order valence-electron chi connectivity index (χ3n) is 5.35. The van der Waals surface area contributed by atoms with E-state index in [4.69, 9.17) is 10.2 Å². The molecule has 2 N–H and O–H groups in total. The molecule has 0 amide bonds. The van der Waals surface area contributed by atoms with Crippen molar-refractivity contribution in [3.63, 3.8) is 0 Å². The summed E-state index contributed by atoms with van der Waals surface area (Å²) < 4.78 is 2.12. The zero-order chi connectivity index (χ0) is 14.2. The Morgan fingerprint density at radius 3 is 2.81 bits per heavy atom. The Bertz CT molecular complexity index is 569. The van der Waals surface area contributed by atoms with Gasteiger partial charge in [0, 0.05) is 31.2 Å². The van der Waals surface area contributed by atoms with Gasteiger partial charge in [-0.25, -0.2) is 4.68 Å². The molecule has 114 valence electrons. The summed E-state index contributed by atoms with van der Waals surface area (Å²) in [5.74, 6) is 1.90. The molecule has 1 saturated carbocycles. The van der Waals surface area contributed by atoms with Crippen LogP contribution in [-0.2, 0) is 6.54 Å². The van der Waals surface area contributed by atoms with Crippen molar-refractivity contribution < 1.29 is 5.11 Å². The molecule has 1 aliphatic heterocycles. The van der Waals surface area contributed by atoms with Crippen LogP contribution in [0, 0.1) is 0 Å². The van der Waals surface area contributed by atoms with Crippen LogP contribution in [0.1, 0.15) is 68.5 Å². The fourth-order valence-electron chi connectivity index (χ4n) is 3.96. The zero-order valence-electron chi connectivity index (χ0n) is 12.7. The number of hydrogen-bond donors (Lipinski definition) is 2. The lowest BCUT2D eigenvalue weighted by Gasteiger charge is -2.30. The molecule has 4 nitrogen and oxygen atoms in total. The molecule has 4 rings (SSSR count). The number of nitrogens with one attached hydrogen (secondary N) is 1. The van der Waals surface area contributed by atoms with Crippen LogP contribution in [0.4, 0.5) is 5.82 Å². The fraction of sp³-hybridized carbons (Fsp3) is 0.706. The number of aryl methyl sites for hydroxylation is 1. The van der Waals surface area contributed by atoms with Crippen LogP contribution >= 0.6 is 0 Å². The van der Waals surface area contributed by atoms with Gasteiger partial charge in [-0.05, 0) is 56.1 Å². The van der Waals surface area contributed by atoms with Crippen molar-refractivity contribution in [1.82, 2.24) is 9.78 Å². The van der Waals surface area contributed by atoms with Gasteiger partial charge in [0.25, 0.3) is 0 Å². The SMILES string of the molecule is OCCCn1nc(C2CCC2)c2c1NCC1=C2CCCC1. The summed E-state index contributed by atoms with van der Waals surface area (Å²) in [6.45, 7) is 2.06. The van der Waals surface area contributed by atoms with Gasteiger partial charge in [-0.3, -0.25) is 0 Å². The molecule has 0 aromatic carbocycles. The Kier molecular flexibility index (Phi) is 3.49. The van der Waals surface area contributed by atoms with Crippen molar-refractivity contribution in [1.29, 1.82) is 0 Å². The van der Waals surface area contributed by atoms with Gasteiger partial charge in [0.05, 0.1) is 5.69 Å². The number of rotatable bonds is 4. The second-order valence-electron chi connectivity index (χ2n) is 6.68. The van der Waals surface area contributed by atoms with E-state index in [0.29, 0.717) is 5.92 Å². The van der Waals surface area contributed by atoms with Gasteiger partial charge in [0.1, 0.15) is 5.82 Å². The maximum atomic E-state index is 9.12. The van der Waals surface area contributed by atoms with E-state index in [9.17, 15) is 0 Å². The van der Waals surface area contributed by atoms with Gasteiger partial charge >= 0.3 is 0 Å². The quantitative estimate of drug-likeness (QED) is 0.893. The lowest BCUT2D eigenvalue weighted by molar-refractivity contribution is 0.277. The minimum Gasteiger partial charge on any atom is -0.396 e. The average molecular weight is 287 g/mol. The van der Waals surface area contributed by atoms with Crippen molar-refractivity contribution in [2.45, 2.75) is 63.8 Å². The van der Waals surface area contributed by atoms with E-state index >= 15 is 0 Å². The summed E-state index contributed by atoms with van der Waals surface area (Å²) in [6, 6.07) is 0. The van der Waals surface area contributed by atoms with E-state index in [0.717, 1.165) is 19.5 Å². The predicted molar refractivity (Wildman–Crippen MR) is 84.4 cm³/mol. The summed E-state index contributed by atoms with van der Waals surface area (Å²) in [7, 11) is 0.